The van der Waals surface area contributed by atoms with E-state index < -0.39 is 21.1 Å². The predicted octanol–water partition coefficient (Wildman–Crippen LogP) is 15.7. The van der Waals surface area contributed by atoms with Crippen molar-refractivity contribution < 1.29 is 24.1 Å². The molecule has 0 aromatic heterocycles. The summed E-state index contributed by atoms with van der Waals surface area (Å²) in [5, 5.41) is 10.6. The molecule has 0 bridgehead atoms. The van der Waals surface area contributed by atoms with E-state index in [1.165, 1.54) is 91.0 Å². The summed E-state index contributed by atoms with van der Waals surface area (Å²) in [6, 6.07) is 25.8. The first kappa shape index (κ1) is 41.6. The van der Waals surface area contributed by atoms with Crippen molar-refractivity contribution in [3.05, 3.63) is 131 Å². The third-order valence-corrected chi connectivity index (χ3v) is 9.76. The lowest BCUT2D eigenvalue weighted by Crippen LogP contribution is -2.06. The van der Waals surface area contributed by atoms with E-state index in [0.717, 1.165) is 0 Å². The number of carbonyl (C=O) groups is 1. The Balaban J connectivity index is 1.78. The van der Waals surface area contributed by atoms with E-state index in [0.29, 0.717) is 27.8 Å². The number of aromatic carboxylic acids is 1. The second-order valence-electron chi connectivity index (χ2n) is 10.7. The number of carboxylic acid groups (broad SMARTS) is 1. The maximum atomic E-state index is 13.0. The molecule has 0 atom stereocenters. The molecule has 0 saturated heterocycles. The molecule has 0 aliphatic rings. The average molecular weight is 944 g/mol. The van der Waals surface area contributed by atoms with Gasteiger partial charge in [-0.25, -0.2) is 4.79 Å². The van der Waals surface area contributed by atoms with E-state index in [-0.39, 0.29) is 45.6 Å². The Morgan fingerprint density at radius 2 is 0.750 bits per heavy atom. The van der Waals surface area contributed by atoms with Gasteiger partial charge in [-0.2, -0.15) is 0 Å². The SMILES string of the molecule is O=C(O)c1cc(Oc2ccc(C(Cl)(Cl)Cl)cc2)c(Oc2ccc(C(Cl)(Cl)Cl)cc2)c(Oc2ccc(C(Cl)(Cl)Cl)cc2)c1-c1ccc(C(Cl)(Cl)Cl)cc1. The number of rotatable bonds is 8. The Morgan fingerprint density at radius 3 is 1.08 bits per heavy atom. The molecule has 0 radical (unpaired) electrons. The van der Waals surface area contributed by atoms with Crippen LogP contribution in [0.2, 0.25) is 0 Å². The van der Waals surface area contributed by atoms with Crippen molar-refractivity contribution in [2.75, 3.05) is 0 Å². The fourth-order valence-electron chi connectivity index (χ4n) is 4.67. The van der Waals surface area contributed by atoms with Crippen LogP contribution in [0.1, 0.15) is 32.6 Å². The molecule has 0 fully saturated rings. The van der Waals surface area contributed by atoms with Crippen LogP contribution in [0.3, 0.4) is 0 Å². The van der Waals surface area contributed by atoms with Gasteiger partial charge in [-0.3, -0.25) is 0 Å². The van der Waals surface area contributed by atoms with Crippen LogP contribution in [-0.2, 0) is 15.2 Å². The van der Waals surface area contributed by atoms with E-state index in [1.807, 2.05) is 0 Å². The largest absolute Gasteiger partial charge is 0.478 e. The first-order valence-corrected chi connectivity index (χ1v) is 18.8. The summed E-state index contributed by atoms with van der Waals surface area (Å²) >= 11 is 72.9. The summed E-state index contributed by atoms with van der Waals surface area (Å²) in [4.78, 5) is 13.0. The molecule has 0 aliphatic carbocycles. The molecule has 1 N–H and O–H groups in total. The number of halogens is 12. The van der Waals surface area contributed by atoms with Gasteiger partial charge in [0.15, 0.2) is 11.5 Å². The number of hydrogen-bond donors (Lipinski definition) is 1. The van der Waals surface area contributed by atoms with Crippen molar-refractivity contribution in [3.8, 4) is 45.6 Å². The van der Waals surface area contributed by atoms with Crippen LogP contribution in [0, 0.1) is 0 Å². The van der Waals surface area contributed by atoms with Gasteiger partial charge in [0.2, 0.25) is 20.9 Å². The molecule has 0 amide bonds. The summed E-state index contributed by atoms with van der Waals surface area (Å²) in [5.74, 6) is -0.931. The molecule has 0 spiro atoms. The summed E-state index contributed by atoms with van der Waals surface area (Å²) in [6.45, 7) is 0. The van der Waals surface area contributed by atoms with Gasteiger partial charge in [0.25, 0.3) is 0 Å². The van der Waals surface area contributed by atoms with Crippen molar-refractivity contribution in [2.24, 2.45) is 0 Å². The molecule has 0 heterocycles. The van der Waals surface area contributed by atoms with Crippen LogP contribution in [0.5, 0.6) is 34.5 Å². The van der Waals surface area contributed by atoms with Gasteiger partial charge >= 0.3 is 5.97 Å². The third-order valence-electron chi connectivity index (χ3n) is 7.15. The van der Waals surface area contributed by atoms with Crippen molar-refractivity contribution >= 4 is 145 Å². The maximum absolute atomic E-state index is 13.0. The number of ether oxygens (including phenoxy) is 3. The maximum Gasteiger partial charge on any atom is 0.336 e. The molecule has 272 valence electrons. The molecule has 17 heteroatoms. The highest BCUT2D eigenvalue weighted by atomic mass is 35.6. The summed E-state index contributed by atoms with van der Waals surface area (Å²) in [5.41, 5.74) is 1.56. The fourth-order valence-corrected chi connectivity index (χ4v) is 6.18. The highest BCUT2D eigenvalue weighted by molar-refractivity contribution is 6.68. The zero-order valence-electron chi connectivity index (χ0n) is 25.4. The lowest BCUT2D eigenvalue weighted by Gasteiger charge is -2.22. The van der Waals surface area contributed by atoms with E-state index >= 15 is 0 Å². The van der Waals surface area contributed by atoms with Gasteiger partial charge in [0, 0.05) is 33.9 Å². The van der Waals surface area contributed by atoms with Crippen LogP contribution in [0.4, 0.5) is 0 Å². The Kier molecular flexibility index (Phi) is 13.0. The molecular weight excluding hydrogens is 926 g/mol. The second kappa shape index (κ2) is 16.3. The monoisotopic (exact) mass is 938 g/mol. The normalized spacial score (nSPS) is 12.4. The van der Waals surface area contributed by atoms with E-state index in [2.05, 4.69) is 0 Å². The van der Waals surface area contributed by atoms with Gasteiger partial charge in [-0.05, 0) is 42.0 Å². The van der Waals surface area contributed by atoms with Gasteiger partial charge in [-0.1, -0.05) is 200 Å². The standard InChI is InChI=1S/C35H18Cl12O5/c36-32(37,38)19-3-1-18(2-4-19)28-26(31(48)49)17-27(50-23-11-5-20(6-12-23)33(39,40)41)29(51-24-13-7-21(8-14-24)34(42,43)44)30(28)52-25-15-9-22(10-16-25)35(45,46)47/h1-17H,(H,48,49). The van der Waals surface area contributed by atoms with Gasteiger partial charge in [0.1, 0.15) is 17.2 Å². The molecular formula is C35H18Cl12O5. The van der Waals surface area contributed by atoms with Crippen molar-refractivity contribution in [1.29, 1.82) is 0 Å². The van der Waals surface area contributed by atoms with Crippen LogP contribution >= 0.6 is 139 Å². The zero-order chi connectivity index (χ0) is 38.2. The molecule has 0 saturated carbocycles. The van der Waals surface area contributed by atoms with Gasteiger partial charge in [-0.15, -0.1) is 0 Å². The lowest BCUT2D eigenvalue weighted by molar-refractivity contribution is 0.0697. The molecule has 5 rings (SSSR count). The molecule has 0 aliphatic heterocycles. The zero-order valence-corrected chi connectivity index (χ0v) is 34.5. The van der Waals surface area contributed by atoms with Crippen LogP contribution < -0.4 is 14.2 Å². The van der Waals surface area contributed by atoms with E-state index in [9.17, 15) is 9.90 Å². The third kappa shape index (κ3) is 10.4. The van der Waals surface area contributed by atoms with Crippen molar-refractivity contribution in [2.45, 2.75) is 15.2 Å². The number of benzene rings is 5. The molecule has 0 unspecified atom stereocenters. The minimum Gasteiger partial charge on any atom is -0.478 e. The van der Waals surface area contributed by atoms with Crippen LogP contribution in [0.15, 0.2) is 103 Å². The van der Waals surface area contributed by atoms with Gasteiger partial charge < -0.3 is 19.3 Å². The molecule has 5 nitrogen and oxygen atoms in total. The lowest BCUT2D eigenvalue weighted by atomic mass is 9.96. The predicted molar refractivity (Wildman–Crippen MR) is 215 cm³/mol. The average Bonchev–Trinajstić information content (AvgIpc) is 3.05. The quantitative estimate of drug-likeness (QED) is 0.157. The number of carboxylic acids is 1. The first-order chi connectivity index (χ1) is 24.1. The molecule has 5 aromatic rings. The minimum atomic E-state index is -1.76. The van der Waals surface area contributed by atoms with E-state index in [4.69, 9.17) is 153 Å². The topological polar surface area (TPSA) is 65.0 Å². The summed E-state index contributed by atoms with van der Waals surface area (Å²) in [6.07, 6.45) is 0. The van der Waals surface area contributed by atoms with Gasteiger partial charge in [0.05, 0.1) is 5.56 Å². The second-order valence-corrected chi connectivity index (χ2v) is 19.8. The Bertz CT molecular complexity index is 2050. The number of alkyl halides is 12. The van der Waals surface area contributed by atoms with Crippen molar-refractivity contribution in [3.63, 3.8) is 0 Å². The highest BCUT2D eigenvalue weighted by Gasteiger charge is 2.31. The highest BCUT2D eigenvalue weighted by Crippen LogP contribution is 2.53. The molecule has 52 heavy (non-hydrogen) atoms. The Morgan fingerprint density at radius 1 is 0.442 bits per heavy atom. The fraction of sp³-hybridized carbons (Fsp3) is 0.114. The number of hydrogen-bond acceptors (Lipinski definition) is 4. The summed E-state index contributed by atoms with van der Waals surface area (Å²) in [7, 11) is 0. The summed E-state index contributed by atoms with van der Waals surface area (Å²) < 4.78 is 12.2. The Hall–Kier alpha value is -1.55. The van der Waals surface area contributed by atoms with Crippen LogP contribution in [-0.4, -0.2) is 11.1 Å². The molecule has 5 aromatic carbocycles. The smallest absolute Gasteiger partial charge is 0.336 e. The minimum absolute atomic E-state index is 0.0667. The van der Waals surface area contributed by atoms with E-state index in [1.54, 1.807) is 12.1 Å². The Labute approximate surface area is 357 Å². The first-order valence-electron chi connectivity index (χ1n) is 14.3. The van der Waals surface area contributed by atoms with Crippen molar-refractivity contribution in [1.82, 2.24) is 0 Å². The van der Waals surface area contributed by atoms with Crippen LogP contribution in [0.25, 0.3) is 11.1 Å².